The van der Waals surface area contributed by atoms with Gasteiger partial charge in [-0.15, -0.1) is 0 Å². The predicted octanol–water partition coefficient (Wildman–Crippen LogP) is 3.56. The van der Waals surface area contributed by atoms with E-state index in [-0.39, 0.29) is 30.4 Å². The Balaban J connectivity index is 1.37. The van der Waals surface area contributed by atoms with E-state index in [2.05, 4.69) is 25.6 Å². The van der Waals surface area contributed by atoms with Gasteiger partial charge in [0.1, 0.15) is 23.5 Å². The number of aromatic nitrogens is 4. The normalized spacial score (nSPS) is 14.9. The first-order valence-electron chi connectivity index (χ1n) is 12.9. The number of nitrogens with one attached hydrogen (secondary N) is 2. The highest BCUT2D eigenvalue weighted by Crippen LogP contribution is 2.28. The summed E-state index contributed by atoms with van der Waals surface area (Å²) in [5.74, 6) is -1.88. The number of amides is 1. The molecule has 1 aliphatic heterocycles. The van der Waals surface area contributed by atoms with E-state index in [4.69, 9.17) is 5.73 Å². The Bertz CT molecular complexity index is 1620. The summed E-state index contributed by atoms with van der Waals surface area (Å²) in [5, 5.41) is 5.93. The highest BCUT2D eigenvalue weighted by Gasteiger charge is 2.31. The molecule has 9 nitrogen and oxygen atoms in total. The van der Waals surface area contributed by atoms with Crippen molar-refractivity contribution < 1.29 is 13.6 Å². The Kier molecular flexibility index (Phi) is 7.54. The molecule has 3 aromatic heterocycles. The summed E-state index contributed by atoms with van der Waals surface area (Å²) >= 11 is 0. The number of carbonyl (C=O) groups excluding carboxylic acids is 1. The van der Waals surface area contributed by atoms with Crippen LogP contribution in [0, 0.1) is 25.5 Å². The number of anilines is 2. The van der Waals surface area contributed by atoms with Gasteiger partial charge in [0.25, 0.3) is 5.56 Å². The standard InChI is InChI=1S/C29H29F2N7O2/c1-16-3-8-24(33-12-16)22(21-7-5-19(30)11-23(21)31)15-35-27-29(40)38-20(14-34-27)6-9-25(38)28(39)36-13-18-4-10-26(32)37-17(18)2/h3-5,7-8,10-12,14,22,25H,6,9,13,15H2,1-2H3,(H2,32,37)(H,34,35)(H,36,39)/t22-,25+/m1/s1. The third-order valence-electron chi connectivity index (χ3n) is 7.13. The van der Waals surface area contributed by atoms with Crippen LogP contribution in [0.15, 0.2) is 59.7 Å². The number of benzene rings is 1. The van der Waals surface area contributed by atoms with Gasteiger partial charge in [0.2, 0.25) is 5.91 Å². The molecule has 0 saturated heterocycles. The molecule has 0 aliphatic carbocycles. The summed E-state index contributed by atoms with van der Waals surface area (Å²) in [4.78, 5) is 39.5. The van der Waals surface area contributed by atoms with Gasteiger partial charge in [-0.1, -0.05) is 18.2 Å². The van der Waals surface area contributed by atoms with Gasteiger partial charge in [-0.25, -0.2) is 18.7 Å². The van der Waals surface area contributed by atoms with E-state index in [0.717, 1.165) is 22.9 Å². The van der Waals surface area contributed by atoms with E-state index in [1.807, 2.05) is 26.0 Å². The minimum Gasteiger partial charge on any atom is -0.384 e. The van der Waals surface area contributed by atoms with Crippen molar-refractivity contribution in [1.82, 2.24) is 24.8 Å². The lowest BCUT2D eigenvalue weighted by Gasteiger charge is -2.20. The molecular formula is C29H29F2N7O2. The van der Waals surface area contributed by atoms with Crippen LogP contribution in [0.3, 0.4) is 0 Å². The van der Waals surface area contributed by atoms with Gasteiger partial charge in [-0.2, -0.15) is 0 Å². The number of aryl methyl sites for hydroxylation is 3. The lowest BCUT2D eigenvalue weighted by Crippen LogP contribution is -2.36. The maximum absolute atomic E-state index is 14.8. The van der Waals surface area contributed by atoms with E-state index in [1.165, 1.54) is 16.7 Å². The molecule has 4 heterocycles. The maximum atomic E-state index is 14.8. The average molecular weight is 546 g/mol. The maximum Gasteiger partial charge on any atom is 0.294 e. The van der Waals surface area contributed by atoms with Gasteiger partial charge in [0.15, 0.2) is 5.82 Å². The predicted molar refractivity (Wildman–Crippen MR) is 147 cm³/mol. The first-order chi connectivity index (χ1) is 19.2. The number of pyridine rings is 2. The molecule has 5 rings (SSSR count). The zero-order valence-corrected chi connectivity index (χ0v) is 22.1. The highest BCUT2D eigenvalue weighted by molar-refractivity contribution is 5.81. The molecule has 206 valence electrons. The van der Waals surface area contributed by atoms with Crippen LogP contribution in [0.2, 0.25) is 0 Å². The Morgan fingerprint density at radius 2 is 1.95 bits per heavy atom. The van der Waals surface area contributed by atoms with Crippen LogP contribution in [-0.4, -0.2) is 32.0 Å². The number of halogens is 2. The fraction of sp³-hybridized carbons (Fsp3) is 0.276. The second kappa shape index (κ2) is 11.2. The Morgan fingerprint density at radius 3 is 2.67 bits per heavy atom. The molecule has 1 aromatic carbocycles. The number of nitrogens with two attached hydrogens (primary N) is 1. The smallest absolute Gasteiger partial charge is 0.294 e. The van der Waals surface area contributed by atoms with Crippen molar-refractivity contribution in [2.75, 3.05) is 17.6 Å². The first kappa shape index (κ1) is 26.9. The lowest BCUT2D eigenvalue weighted by molar-refractivity contribution is -0.124. The van der Waals surface area contributed by atoms with Crippen LogP contribution < -0.4 is 21.9 Å². The number of nitrogen functional groups attached to an aromatic ring is 1. The molecule has 0 fully saturated rings. The van der Waals surface area contributed by atoms with E-state index in [0.29, 0.717) is 30.0 Å². The van der Waals surface area contributed by atoms with Gasteiger partial charge in [0.05, 0.1) is 0 Å². The molecule has 0 spiro atoms. The fourth-order valence-corrected chi connectivity index (χ4v) is 4.95. The second-order valence-corrected chi connectivity index (χ2v) is 9.89. The minimum atomic E-state index is -0.712. The Morgan fingerprint density at radius 1 is 1.12 bits per heavy atom. The zero-order valence-electron chi connectivity index (χ0n) is 22.1. The van der Waals surface area contributed by atoms with Crippen molar-refractivity contribution in [3.63, 3.8) is 0 Å². The molecule has 0 saturated carbocycles. The van der Waals surface area contributed by atoms with Crippen molar-refractivity contribution in [3.8, 4) is 0 Å². The molecule has 1 aliphatic rings. The summed E-state index contributed by atoms with van der Waals surface area (Å²) in [5.41, 5.74) is 9.18. The van der Waals surface area contributed by atoms with Crippen molar-refractivity contribution in [1.29, 1.82) is 0 Å². The zero-order chi connectivity index (χ0) is 28.4. The van der Waals surface area contributed by atoms with Gasteiger partial charge < -0.3 is 16.4 Å². The summed E-state index contributed by atoms with van der Waals surface area (Å²) in [6, 6.07) is 9.79. The minimum absolute atomic E-state index is 0.0293. The monoisotopic (exact) mass is 545 g/mol. The summed E-state index contributed by atoms with van der Waals surface area (Å²) in [6.07, 6.45) is 4.22. The molecular weight excluding hydrogens is 516 g/mol. The third kappa shape index (κ3) is 5.54. The SMILES string of the molecule is Cc1ccc([C@H](CNc2ncc3n(c2=O)[C@H](C(=O)NCc2ccc(N)nc2C)CC3)c2ccc(F)cc2F)nc1. The average Bonchev–Trinajstić information content (AvgIpc) is 3.36. The van der Waals surface area contributed by atoms with Crippen molar-refractivity contribution in [2.45, 2.75) is 45.2 Å². The van der Waals surface area contributed by atoms with Crippen molar-refractivity contribution in [3.05, 3.63) is 111 Å². The lowest BCUT2D eigenvalue weighted by atomic mass is 9.94. The van der Waals surface area contributed by atoms with Crippen LogP contribution in [0.5, 0.6) is 0 Å². The van der Waals surface area contributed by atoms with E-state index in [9.17, 15) is 18.4 Å². The Labute approximate surface area is 229 Å². The number of nitrogens with zero attached hydrogens (tertiary/aromatic N) is 4. The van der Waals surface area contributed by atoms with E-state index < -0.39 is 29.2 Å². The quantitative estimate of drug-likeness (QED) is 0.309. The van der Waals surface area contributed by atoms with Crippen molar-refractivity contribution in [2.24, 2.45) is 0 Å². The largest absolute Gasteiger partial charge is 0.384 e. The van der Waals surface area contributed by atoms with E-state index in [1.54, 1.807) is 24.5 Å². The molecule has 0 bridgehead atoms. The summed E-state index contributed by atoms with van der Waals surface area (Å²) in [7, 11) is 0. The van der Waals surface area contributed by atoms with Crippen LogP contribution in [0.1, 0.15) is 52.2 Å². The molecule has 40 heavy (non-hydrogen) atoms. The molecule has 1 amide bonds. The van der Waals surface area contributed by atoms with Crippen LogP contribution in [-0.2, 0) is 17.8 Å². The molecule has 4 aromatic rings. The Hall–Kier alpha value is -4.67. The van der Waals surface area contributed by atoms with Crippen LogP contribution >= 0.6 is 0 Å². The number of hydrogen-bond acceptors (Lipinski definition) is 7. The fourth-order valence-electron chi connectivity index (χ4n) is 4.95. The topological polar surface area (TPSA) is 128 Å². The highest BCUT2D eigenvalue weighted by atomic mass is 19.1. The molecule has 0 unspecified atom stereocenters. The van der Waals surface area contributed by atoms with Crippen molar-refractivity contribution >= 4 is 17.5 Å². The van der Waals surface area contributed by atoms with Gasteiger partial charge in [-0.3, -0.25) is 19.1 Å². The molecule has 11 heteroatoms. The molecule has 4 N–H and O–H groups in total. The van der Waals surface area contributed by atoms with Gasteiger partial charge in [-0.05, 0) is 61.6 Å². The number of hydrogen-bond donors (Lipinski definition) is 3. The van der Waals surface area contributed by atoms with Gasteiger partial charge in [0, 0.05) is 54.5 Å². The van der Waals surface area contributed by atoms with E-state index >= 15 is 0 Å². The number of fused-ring (bicyclic) bond motifs is 1. The summed E-state index contributed by atoms with van der Waals surface area (Å²) < 4.78 is 29.9. The van der Waals surface area contributed by atoms with Gasteiger partial charge >= 0.3 is 0 Å². The number of carbonyl (C=O) groups is 1. The number of rotatable bonds is 8. The second-order valence-electron chi connectivity index (χ2n) is 9.89. The molecule has 2 atom stereocenters. The first-order valence-corrected chi connectivity index (χ1v) is 12.9. The molecule has 0 radical (unpaired) electrons. The third-order valence-corrected chi connectivity index (χ3v) is 7.13. The summed E-state index contributed by atoms with van der Waals surface area (Å²) in [6.45, 7) is 4.02. The van der Waals surface area contributed by atoms with Crippen LogP contribution in [0.4, 0.5) is 20.4 Å². The van der Waals surface area contributed by atoms with Crippen LogP contribution in [0.25, 0.3) is 0 Å².